The molecule has 1 amide bonds. The van der Waals surface area contributed by atoms with E-state index < -0.39 is 0 Å². The van der Waals surface area contributed by atoms with E-state index in [9.17, 15) is 4.79 Å². The molecular formula is C18H14N4O3. The molecule has 7 nitrogen and oxygen atoms in total. The normalized spacial score (nSPS) is 10.9. The van der Waals surface area contributed by atoms with Crippen LogP contribution in [0.5, 0.6) is 0 Å². The Hall–Kier alpha value is -3.48. The van der Waals surface area contributed by atoms with Crippen LogP contribution in [0.4, 0.5) is 0 Å². The number of carbonyl (C=O) groups is 1. The van der Waals surface area contributed by atoms with Gasteiger partial charge in [0.15, 0.2) is 5.76 Å². The fraction of sp³-hybridized carbons (Fsp3) is 0.111. The quantitative estimate of drug-likeness (QED) is 0.570. The van der Waals surface area contributed by atoms with Gasteiger partial charge in [-0.25, -0.2) is 4.63 Å². The third kappa shape index (κ3) is 2.99. The molecule has 7 heteroatoms. The van der Waals surface area contributed by atoms with Crippen LogP contribution >= 0.6 is 0 Å². The minimum atomic E-state index is -0.150. The Labute approximate surface area is 142 Å². The highest BCUT2D eigenvalue weighted by Gasteiger charge is 2.16. The number of amides is 1. The summed E-state index contributed by atoms with van der Waals surface area (Å²) in [6.07, 6.45) is 0. The van der Waals surface area contributed by atoms with Crippen molar-refractivity contribution in [2.75, 3.05) is 7.05 Å². The molecule has 0 aliphatic rings. The van der Waals surface area contributed by atoms with Gasteiger partial charge >= 0.3 is 0 Å². The zero-order valence-electron chi connectivity index (χ0n) is 13.4. The number of hydrogen-bond donors (Lipinski definition) is 0. The third-order valence-corrected chi connectivity index (χ3v) is 3.87. The lowest BCUT2D eigenvalue weighted by Crippen LogP contribution is -2.25. The van der Waals surface area contributed by atoms with Gasteiger partial charge in [-0.1, -0.05) is 35.5 Å². The highest BCUT2D eigenvalue weighted by Crippen LogP contribution is 2.20. The van der Waals surface area contributed by atoms with Crippen molar-refractivity contribution < 1.29 is 13.9 Å². The van der Waals surface area contributed by atoms with E-state index in [1.54, 1.807) is 30.1 Å². The summed E-state index contributed by atoms with van der Waals surface area (Å²) in [4.78, 5) is 14.1. The predicted octanol–water partition coefficient (Wildman–Crippen LogP) is 3.15. The maximum Gasteiger partial charge on any atom is 0.254 e. The Kier molecular flexibility index (Phi) is 3.74. The van der Waals surface area contributed by atoms with E-state index in [0.717, 1.165) is 11.3 Å². The van der Waals surface area contributed by atoms with Crippen LogP contribution in [-0.2, 0) is 6.54 Å². The molecule has 2 aromatic carbocycles. The minimum Gasteiger partial charge on any atom is -0.359 e. The fourth-order valence-electron chi connectivity index (χ4n) is 2.57. The standard InChI is InChI=1S/C18H14N4O3/c1-22(18(23)13-7-8-15-17(9-13)21-25-20-15)11-14-10-16(19-24-14)12-5-3-2-4-6-12/h2-10H,11H2,1H3. The molecule has 0 unspecified atom stereocenters. The number of hydrogen-bond acceptors (Lipinski definition) is 6. The second kappa shape index (κ2) is 6.20. The first-order valence-electron chi connectivity index (χ1n) is 7.69. The fourth-order valence-corrected chi connectivity index (χ4v) is 2.57. The van der Waals surface area contributed by atoms with Crippen LogP contribution in [0, 0.1) is 0 Å². The molecule has 2 heterocycles. The van der Waals surface area contributed by atoms with Crippen LogP contribution in [-0.4, -0.2) is 33.3 Å². The molecule has 0 radical (unpaired) electrons. The third-order valence-electron chi connectivity index (χ3n) is 3.87. The molecule has 0 spiro atoms. The van der Waals surface area contributed by atoms with E-state index in [2.05, 4.69) is 20.1 Å². The van der Waals surface area contributed by atoms with Gasteiger partial charge in [-0.05, 0) is 28.5 Å². The molecule has 2 aromatic heterocycles. The Morgan fingerprint density at radius 2 is 1.80 bits per heavy atom. The SMILES string of the molecule is CN(Cc1cc(-c2ccccc2)no1)C(=O)c1ccc2nonc2c1. The lowest BCUT2D eigenvalue weighted by atomic mass is 10.1. The predicted molar refractivity (Wildman–Crippen MR) is 89.5 cm³/mol. The molecule has 4 rings (SSSR count). The molecule has 0 aliphatic heterocycles. The molecule has 0 saturated heterocycles. The van der Waals surface area contributed by atoms with Crippen molar-refractivity contribution in [2.24, 2.45) is 0 Å². The Morgan fingerprint density at radius 3 is 2.64 bits per heavy atom. The zero-order chi connectivity index (χ0) is 17.2. The van der Waals surface area contributed by atoms with Crippen molar-refractivity contribution in [3.63, 3.8) is 0 Å². The van der Waals surface area contributed by atoms with Gasteiger partial charge in [-0.15, -0.1) is 0 Å². The highest BCUT2D eigenvalue weighted by molar-refractivity contribution is 5.97. The van der Waals surface area contributed by atoms with Gasteiger partial charge in [0, 0.05) is 24.2 Å². The summed E-state index contributed by atoms with van der Waals surface area (Å²) in [5.41, 5.74) is 3.38. The number of rotatable bonds is 4. The van der Waals surface area contributed by atoms with E-state index in [4.69, 9.17) is 4.52 Å². The molecule has 25 heavy (non-hydrogen) atoms. The number of carbonyl (C=O) groups excluding carboxylic acids is 1. The molecule has 124 valence electrons. The molecular weight excluding hydrogens is 320 g/mol. The van der Waals surface area contributed by atoms with Crippen LogP contribution < -0.4 is 0 Å². The molecule has 0 atom stereocenters. The molecule has 0 saturated carbocycles. The average molecular weight is 334 g/mol. The summed E-state index contributed by atoms with van der Waals surface area (Å²) in [6, 6.07) is 16.6. The molecule has 0 N–H and O–H groups in total. The van der Waals surface area contributed by atoms with Crippen molar-refractivity contribution in [1.29, 1.82) is 0 Å². The highest BCUT2D eigenvalue weighted by atomic mass is 16.6. The van der Waals surface area contributed by atoms with Gasteiger partial charge in [-0.3, -0.25) is 4.79 Å². The van der Waals surface area contributed by atoms with Crippen molar-refractivity contribution in [2.45, 2.75) is 6.54 Å². The topological polar surface area (TPSA) is 85.3 Å². The molecule has 4 aromatic rings. The molecule has 0 aliphatic carbocycles. The Balaban J connectivity index is 1.50. The van der Waals surface area contributed by atoms with E-state index in [1.165, 1.54) is 0 Å². The second-order valence-electron chi connectivity index (χ2n) is 5.67. The van der Waals surface area contributed by atoms with Gasteiger partial charge in [0.1, 0.15) is 16.7 Å². The molecule has 0 bridgehead atoms. The number of fused-ring (bicyclic) bond motifs is 1. The van der Waals surface area contributed by atoms with Crippen LogP contribution in [0.1, 0.15) is 16.1 Å². The first-order chi connectivity index (χ1) is 12.2. The van der Waals surface area contributed by atoms with Crippen LogP contribution in [0.15, 0.2) is 63.7 Å². The van der Waals surface area contributed by atoms with E-state index in [0.29, 0.717) is 28.9 Å². The molecule has 0 fully saturated rings. The van der Waals surface area contributed by atoms with Crippen LogP contribution in [0.2, 0.25) is 0 Å². The van der Waals surface area contributed by atoms with Crippen molar-refractivity contribution >= 4 is 16.9 Å². The first kappa shape index (κ1) is 15.1. The summed E-state index contributed by atoms with van der Waals surface area (Å²) >= 11 is 0. The second-order valence-corrected chi connectivity index (χ2v) is 5.67. The smallest absolute Gasteiger partial charge is 0.254 e. The lowest BCUT2D eigenvalue weighted by molar-refractivity contribution is 0.0772. The summed E-state index contributed by atoms with van der Waals surface area (Å²) < 4.78 is 10.0. The number of benzene rings is 2. The van der Waals surface area contributed by atoms with Crippen LogP contribution in [0.3, 0.4) is 0 Å². The average Bonchev–Trinajstić information content (AvgIpc) is 3.30. The van der Waals surface area contributed by atoms with E-state index in [-0.39, 0.29) is 5.91 Å². The van der Waals surface area contributed by atoms with Gasteiger partial charge in [0.05, 0.1) is 6.54 Å². The Morgan fingerprint density at radius 1 is 1.00 bits per heavy atom. The first-order valence-corrected chi connectivity index (χ1v) is 7.69. The van der Waals surface area contributed by atoms with Gasteiger partial charge < -0.3 is 9.42 Å². The Bertz CT molecular complexity index is 1020. The van der Waals surface area contributed by atoms with E-state index >= 15 is 0 Å². The lowest BCUT2D eigenvalue weighted by Gasteiger charge is -2.15. The largest absolute Gasteiger partial charge is 0.359 e. The number of nitrogens with zero attached hydrogens (tertiary/aromatic N) is 4. The summed E-state index contributed by atoms with van der Waals surface area (Å²) in [6.45, 7) is 0.313. The summed E-state index contributed by atoms with van der Waals surface area (Å²) in [5.74, 6) is 0.460. The van der Waals surface area contributed by atoms with Crippen molar-refractivity contribution in [3.05, 3.63) is 65.9 Å². The zero-order valence-corrected chi connectivity index (χ0v) is 13.4. The maximum atomic E-state index is 12.6. The van der Waals surface area contributed by atoms with Gasteiger partial charge in [-0.2, -0.15) is 0 Å². The van der Waals surface area contributed by atoms with Gasteiger partial charge in [0.25, 0.3) is 5.91 Å². The van der Waals surface area contributed by atoms with Crippen molar-refractivity contribution in [1.82, 2.24) is 20.4 Å². The maximum absolute atomic E-state index is 12.6. The van der Waals surface area contributed by atoms with Crippen molar-refractivity contribution in [3.8, 4) is 11.3 Å². The minimum absolute atomic E-state index is 0.150. The van der Waals surface area contributed by atoms with Gasteiger partial charge in [0.2, 0.25) is 0 Å². The number of aromatic nitrogens is 3. The van der Waals surface area contributed by atoms with E-state index in [1.807, 2.05) is 36.4 Å². The summed E-state index contributed by atoms with van der Waals surface area (Å²) in [5, 5.41) is 11.5. The summed E-state index contributed by atoms with van der Waals surface area (Å²) in [7, 11) is 1.71. The monoisotopic (exact) mass is 334 g/mol. The van der Waals surface area contributed by atoms with Crippen LogP contribution in [0.25, 0.3) is 22.3 Å².